The Morgan fingerprint density at radius 3 is 2.69 bits per heavy atom. The van der Waals surface area contributed by atoms with Gasteiger partial charge in [0.1, 0.15) is 5.52 Å². The van der Waals surface area contributed by atoms with E-state index < -0.39 is 15.1 Å². The van der Waals surface area contributed by atoms with E-state index in [0.29, 0.717) is 16.8 Å². The van der Waals surface area contributed by atoms with E-state index in [1.54, 1.807) is 32.0 Å². The number of benzene rings is 1. The number of aromatic nitrogens is 1. The summed E-state index contributed by atoms with van der Waals surface area (Å²) in [5, 5.41) is -0.805. The first-order valence-electron chi connectivity index (χ1n) is 4.81. The Labute approximate surface area is 93.2 Å². The second kappa shape index (κ2) is 3.48. The van der Waals surface area contributed by atoms with Crippen LogP contribution in [-0.2, 0) is 9.84 Å². The number of rotatable bonds is 2. The van der Waals surface area contributed by atoms with Gasteiger partial charge in [-0.05, 0) is 32.0 Å². The van der Waals surface area contributed by atoms with Crippen molar-refractivity contribution in [2.75, 3.05) is 5.73 Å². The molecule has 0 fully saturated rings. The molecule has 6 heteroatoms. The average Bonchev–Trinajstić information content (AvgIpc) is 2.60. The largest absolute Gasteiger partial charge is 0.428 e. The summed E-state index contributed by atoms with van der Waals surface area (Å²) in [5.74, 6) is 0. The number of anilines is 1. The normalized spacial score (nSPS) is 12.4. The van der Waals surface area contributed by atoms with Gasteiger partial charge in [0, 0.05) is 5.69 Å². The molecule has 0 atom stereocenters. The second-order valence-corrected chi connectivity index (χ2v) is 6.18. The van der Waals surface area contributed by atoms with Crippen LogP contribution in [0.4, 0.5) is 5.69 Å². The highest BCUT2D eigenvalue weighted by atomic mass is 32.2. The van der Waals surface area contributed by atoms with Gasteiger partial charge in [-0.3, -0.25) is 0 Å². The summed E-state index contributed by atoms with van der Waals surface area (Å²) < 4.78 is 28.8. The fourth-order valence-corrected chi connectivity index (χ4v) is 2.08. The molecular formula is C10H12N2O3S. The summed E-state index contributed by atoms with van der Waals surface area (Å²) in [5.41, 5.74) is 6.98. The number of nitrogens with two attached hydrogens (primary N) is 1. The third-order valence-corrected chi connectivity index (χ3v) is 4.16. The molecule has 1 heterocycles. The molecule has 0 unspecified atom stereocenters. The van der Waals surface area contributed by atoms with E-state index >= 15 is 0 Å². The Balaban J connectivity index is 2.65. The first kappa shape index (κ1) is 10.9. The summed E-state index contributed by atoms with van der Waals surface area (Å²) in [7, 11) is -3.47. The lowest BCUT2D eigenvalue weighted by atomic mass is 10.3. The van der Waals surface area contributed by atoms with Crippen LogP contribution in [0.3, 0.4) is 0 Å². The van der Waals surface area contributed by atoms with Gasteiger partial charge in [0.15, 0.2) is 5.58 Å². The van der Waals surface area contributed by atoms with Crippen molar-refractivity contribution in [1.29, 1.82) is 0 Å². The van der Waals surface area contributed by atoms with E-state index in [-0.39, 0.29) is 5.22 Å². The summed E-state index contributed by atoms with van der Waals surface area (Å²) in [6.07, 6.45) is 0. The maximum Gasteiger partial charge on any atom is 0.316 e. The Morgan fingerprint density at radius 1 is 1.38 bits per heavy atom. The first-order valence-corrected chi connectivity index (χ1v) is 6.36. The van der Waals surface area contributed by atoms with E-state index in [1.807, 2.05) is 0 Å². The number of nitrogen functional groups attached to an aromatic ring is 1. The Hall–Kier alpha value is -1.56. The topological polar surface area (TPSA) is 86.2 Å². The van der Waals surface area contributed by atoms with E-state index in [0.717, 1.165) is 0 Å². The van der Waals surface area contributed by atoms with Crippen LogP contribution in [0.2, 0.25) is 0 Å². The molecule has 0 saturated carbocycles. The first-order chi connectivity index (χ1) is 7.41. The predicted octanol–water partition coefficient (Wildman–Crippen LogP) is 1.59. The van der Waals surface area contributed by atoms with Gasteiger partial charge in [0.2, 0.25) is 9.84 Å². The van der Waals surface area contributed by atoms with Crippen molar-refractivity contribution in [2.24, 2.45) is 0 Å². The number of nitrogens with zero attached hydrogens (tertiary/aromatic N) is 1. The maximum atomic E-state index is 11.8. The van der Waals surface area contributed by atoms with Crippen LogP contribution in [0.15, 0.2) is 27.8 Å². The predicted molar refractivity (Wildman–Crippen MR) is 60.7 cm³/mol. The summed E-state index contributed by atoms with van der Waals surface area (Å²) >= 11 is 0. The zero-order valence-corrected chi connectivity index (χ0v) is 9.78. The van der Waals surface area contributed by atoms with Crippen LogP contribution in [-0.4, -0.2) is 18.7 Å². The fraction of sp³-hybridized carbons (Fsp3) is 0.300. The van der Waals surface area contributed by atoms with Gasteiger partial charge in [0.05, 0.1) is 5.25 Å². The molecule has 1 aromatic carbocycles. The van der Waals surface area contributed by atoms with Crippen LogP contribution in [0.1, 0.15) is 13.8 Å². The minimum absolute atomic E-state index is 0.247. The maximum absolute atomic E-state index is 11.8. The number of hydrogen-bond acceptors (Lipinski definition) is 5. The van der Waals surface area contributed by atoms with E-state index in [1.165, 1.54) is 0 Å². The summed E-state index contributed by atoms with van der Waals surface area (Å²) in [4.78, 5) is 3.93. The molecule has 5 nitrogen and oxygen atoms in total. The minimum Gasteiger partial charge on any atom is -0.428 e. The Bertz CT molecular complexity index is 629. The molecule has 0 saturated heterocycles. The second-order valence-electron chi connectivity index (χ2n) is 3.80. The molecule has 0 aliphatic heterocycles. The van der Waals surface area contributed by atoms with Crippen LogP contribution in [0, 0.1) is 0 Å². The third kappa shape index (κ3) is 1.65. The molecule has 1 aromatic heterocycles. The zero-order chi connectivity index (χ0) is 11.9. The monoisotopic (exact) mass is 240 g/mol. The van der Waals surface area contributed by atoms with Crippen molar-refractivity contribution < 1.29 is 12.8 Å². The third-order valence-electron chi connectivity index (χ3n) is 2.26. The van der Waals surface area contributed by atoms with E-state index in [2.05, 4.69) is 4.98 Å². The van der Waals surface area contributed by atoms with Gasteiger partial charge >= 0.3 is 5.22 Å². The van der Waals surface area contributed by atoms with Gasteiger partial charge in [-0.25, -0.2) is 8.42 Å². The lowest BCUT2D eigenvalue weighted by Gasteiger charge is -2.00. The van der Waals surface area contributed by atoms with E-state index in [9.17, 15) is 8.42 Å². The standard InChI is InChI=1S/C10H12N2O3S/c1-6(2)16(13,14)10-12-8-5-7(11)3-4-9(8)15-10/h3-6H,11H2,1-2H3. The van der Waals surface area contributed by atoms with Crippen molar-refractivity contribution >= 4 is 26.6 Å². The molecule has 0 bridgehead atoms. The number of hydrogen-bond donors (Lipinski definition) is 1. The van der Waals surface area contributed by atoms with Crippen molar-refractivity contribution in [2.45, 2.75) is 24.3 Å². The average molecular weight is 240 g/mol. The van der Waals surface area contributed by atoms with Crippen molar-refractivity contribution in [3.8, 4) is 0 Å². The van der Waals surface area contributed by atoms with E-state index in [4.69, 9.17) is 10.2 Å². The van der Waals surface area contributed by atoms with Crippen LogP contribution < -0.4 is 5.73 Å². The van der Waals surface area contributed by atoms with Crippen LogP contribution in [0.25, 0.3) is 11.1 Å². The van der Waals surface area contributed by atoms with Crippen molar-refractivity contribution in [1.82, 2.24) is 4.98 Å². The fourth-order valence-electron chi connectivity index (χ4n) is 1.25. The smallest absolute Gasteiger partial charge is 0.316 e. The molecule has 0 aliphatic rings. The van der Waals surface area contributed by atoms with Crippen molar-refractivity contribution in [3.05, 3.63) is 18.2 Å². The molecular weight excluding hydrogens is 228 g/mol. The molecule has 2 rings (SSSR count). The number of sulfone groups is 1. The highest BCUT2D eigenvalue weighted by Crippen LogP contribution is 2.23. The lowest BCUT2D eigenvalue weighted by molar-refractivity contribution is 0.455. The molecule has 0 aliphatic carbocycles. The summed E-state index contributed by atoms with van der Waals surface area (Å²) in [6, 6.07) is 4.83. The van der Waals surface area contributed by atoms with Gasteiger partial charge in [-0.1, -0.05) is 0 Å². The van der Waals surface area contributed by atoms with Crippen LogP contribution >= 0.6 is 0 Å². The Kier molecular flexibility index (Phi) is 2.38. The van der Waals surface area contributed by atoms with Gasteiger partial charge < -0.3 is 10.2 Å². The quantitative estimate of drug-likeness (QED) is 0.805. The Morgan fingerprint density at radius 2 is 2.06 bits per heavy atom. The SMILES string of the molecule is CC(C)S(=O)(=O)c1nc2cc(N)ccc2o1. The highest BCUT2D eigenvalue weighted by Gasteiger charge is 2.25. The van der Waals surface area contributed by atoms with Crippen LogP contribution in [0.5, 0.6) is 0 Å². The molecule has 0 amide bonds. The van der Waals surface area contributed by atoms with Gasteiger partial charge in [-0.15, -0.1) is 0 Å². The number of oxazole rings is 1. The van der Waals surface area contributed by atoms with Gasteiger partial charge in [0.25, 0.3) is 0 Å². The minimum atomic E-state index is -3.47. The highest BCUT2D eigenvalue weighted by molar-refractivity contribution is 7.91. The molecule has 16 heavy (non-hydrogen) atoms. The molecule has 2 N–H and O–H groups in total. The lowest BCUT2D eigenvalue weighted by Crippen LogP contribution is -2.14. The van der Waals surface area contributed by atoms with Crippen molar-refractivity contribution in [3.63, 3.8) is 0 Å². The molecule has 0 spiro atoms. The molecule has 2 aromatic rings. The van der Waals surface area contributed by atoms with Gasteiger partial charge in [-0.2, -0.15) is 4.98 Å². The zero-order valence-electron chi connectivity index (χ0n) is 8.97. The molecule has 86 valence electrons. The summed E-state index contributed by atoms with van der Waals surface area (Å²) in [6.45, 7) is 3.16. The molecule has 0 radical (unpaired) electrons. The number of fused-ring (bicyclic) bond motifs is 1.